The predicted octanol–water partition coefficient (Wildman–Crippen LogP) is 0.0532. The van der Waals surface area contributed by atoms with E-state index in [1.54, 1.807) is 0 Å². The van der Waals surface area contributed by atoms with E-state index in [9.17, 15) is 9.59 Å². The quantitative estimate of drug-likeness (QED) is 0.613. The summed E-state index contributed by atoms with van der Waals surface area (Å²) in [5, 5.41) is 17.5. The molecule has 0 spiro atoms. The van der Waals surface area contributed by atoms with Gasteiger partial charge in [-0.05, 0) is 0 Å². The standard InChI is InChI=1S/C7H8N2O4S/c8-7-9-2-3(14-7)1-4(5(10)11)6(12)13/h2,4H,1H2,(H2,8,9)(H,10,11)(H,12,13). The lowest BCUT2D eigenvalue weighted by Gasteiger charge is -2.03. The van der Waals surface area contributed by atoms with Gasteiger partial charge in [-0.1, -0.05) is 0 Å². The first-order valence-corrected chi connectivity index (χ1v) is 4.48. The highest BCUT2D eigenvalue weighted by Gasteiger charge is 2.26. The number of nitrogens with zero attached hydrogens (tertiary/aromatic N) is 1. The van der Waals surface area contributed by atoms with Crippen molar-refractivity contribution < 1.29 is 19.8 Å². The molecule has 0 bridgehead atoms. The van der Waals surface area contributed by atoms with Crippen LogP contribution in [-0.4, -0.2) is 27.1 Å². The van der Waals surface area contributed by atoms with Crippen molar-refractivity contribution in [3.8, 4) is 0 Å². The minimum atomic E-state index is -1.44. The van der Waals surface area contributed by atoms with E-state index in [0.717, 1.165) is 11.3 Å². The van der Waals surface area contributed by atoms with Gasteiger partial charge in [0.25, 0.3) is 0 Å². The molecular weight excluding hydrogens is 208 g/mol. The summed E-state index contributed by atoms with van der Waals surface area (Å²) in [5.74, 6) is -4.15. The van der Waals surface area contributed by atoms with Gasteiger partial charge >= 0.3 is 11.9 Å². The Balaban J connectivity index is 2.74. The highest BCUT2D eigenvalue weighted by atomic mass is 32.1. The zero-order valence-electron chi connectivity index (χ0n) is 7.01. The second-order valence-electron chi connectivity index (χ2n) is 2.60. The van der Waals surface area contributed by atoms with Crippen LogP contribution < -0.4 is 5.73 Å². The fraction of sp³-hybridized carbons (Fsp3) is 0.286. The Morgan fingerprint density at radius 2 is 2.07 bits per heavy atom. The molecule has 1 aromatic rings. The Labute approximate surface area is 83.0 Å². The van der Waals surface area contributed by atoms with E-state index in [1.807, 2.05) is 0 Å². The first kappa shape index (κ1) is 10.5. The minimum Gasteiger partial charge on any atom is -0.481 e. The molecule has 1 aromatic heterocycles. The van der Waals surface area contributed by atoms with Crippen LogP contribution in [0.1, 0.15) is 4.88 Å². The molecule has 0 radical (unpaired) electrons. The number of anilines is 1. The highest BCUT2D eigenvalue weighted by Crippen LogP contribution is 2.18. The van der Waals surface area contributed by atoms with E-state index >= 15 is 0 Å². The van der Waals surface area contributed by atoms with Gasteiger partial charge in [-0.25, -0.2) is 4.98 Å². The number of hydrogen-bond acceptors (Lipinski definition) is 5. The first-order valence-electron chi connectivity index (χ1n) is 3.66. The number of nitrogen functional groups attached to an aromatic ring is 1. The van der Waals surface area contributed by atoms with Crippen LogP contribution in [0.2, 0.25) is 0 Å². The predicted molar refractivity (Wildman–Crippen MR) is 49.0 cm³/mol. The monoisotopic (exact) mass is 216 g/mol. The molecule has 0 aliphatic carbocycles. The molecule has 1 heterocycles. The fourth-order valence-corrected chi connectivity index (χ4v) is 1.63. The SMILES string of the molecule is Nc1ncc(CC(C(=O)O)C(=O)O)s1. The second-order valence-corrected chi connectivity index (χ2v) is 3.74. The number of aromatic nitrogens is 1. The Morgan fingerprint density at radius 3 is 2.43 bits per heavy atom. The molecule has 0 saturated heterocycles. The van der Waals surface area contributed by atoms with Crippen LogP contribution >= 0.6 is 11.3 Å². The summed E-state index contributed by atoms with van der Waals surface area (Å²) < 4.78 is 0. The zero-order chi connectivity index (χ0) is 10.7. The third-order valence-electron chi connectivity index (χ3n) is 1.57. The van der Waals surface area contributed by atoms with Crippen molar-refractivity contribution in [3.05, 3.63) is 11.1 Å². The molecule has 14 heavy (non-hydrogen) atoms. The van der Waals surface area contributed by atoms with E-state index in [-0.39, 0.29) is 6.42 Å². The molecule has 0 aliphatic heterocycles. The third-order valence-corrected chi connectivity index (χ3v) is 2.42. The zero-order valence-corrected chi connectivity index (χ0v) is 7.82. The second kappa shape index (κ2) is 4.05. The number of carboxylic acids is 2. The molecular formula is C7H8N2O4S. The average molecular weight is 216 g/mol. The molecule has 1 rings (SSSR count). The highest BCUT2D eigenvalue weighted by molar-refractivity contribution is 7.15. The summed E-state index contributed by atoms with van der Waals surface area (Å²) in [5.41, 5.74) is 5.32. The third kappa shape index (κ3) is 2.43. The number of carboxylic acid groups (broad SMARTS) is 2. The van der Waals surface area contributed by atoms with E-state index < -0.39 is 17.9 Å². The van der Waals surface area contributed by atoms with Crippen LogP contribution in [0.4, 0.5) is 5.13 Å². The van der Waals surface area contributed by atoms with Crippen LogP contribution in [-0.2, 0) is 16.0 Å². The maximum atomic E-state index is 10.5. The number of carbonyl (C=O) groups is 2. The van der Waals surface area contributed by atoms with Gasteiger partial charge in [0, 0.05) is 17.5 Å². The molecule has 0 amide bonds. The number of aliphatic carboxylic acids is 2. The van der Waals surface area contributed by atoms with Crippen LogP contribution in [0.25, 0.3) is 0 Å². The van der Waals surface area contributed by atoms with Gasteiger partial charge < -0.3 is 15.9 Å². The minimum absolute atomic E-state index is 0.0838. The number of thiazole rings is 1. The van der Waals surface area contributed by atoms with Crippen LogP contribution in [0, 0.1) is 5.92 Å². The van der Waals surface area contributed by atoms with Crippen LogP contribution in [0.15, 0.2) is 6.20 Å². The molecule has 0 atom stereocenters. The topological polar surface area (TPSA) is 114 Å². The molecule has 4 N–H and O–H groups in total. The van der Waals surface area contributed by atoms with Crippen molar-refractivity contribution in [1.29, 1.82) is 0 Å². The Bertz CT molecular complexity index is 348. The lowest BCUT2D eigenvalue weighted by atomic mass is 10.1. The summed E-state index contributed by atoms with van der Waals surface area (Å²) in [6.45, 7) is 0. The van der Waals surface area contributed by atoms with Crippen molar-refractivity contribution >= 4 is 28.4 Å². The van der Waals surface area contributed by atoms with Crippen molar-refractivity contribution in [3.63, 3.8) is 0 Å². The molecule has 0 fully saturated rings. The van der Waals surface area contributed by atoms with Crippen LogP contribution in [0.5, 0.6) is 0 Å². The lowest BCUT2D eigenvalue weighted by molar-refractivity contribution is -0.154. The summed E-state index contributed by atoms with van der Waals surface area (Å²) in [6, 6.07) is 0. The van der Waals surface area contributed by atoms with Gasteiger partial charge in [0.15, 0.2) is 11.0 Å². The lowest BCUT2D eigenvalue weighted by Crippen LogP contribution is -2.25. The normalized spacial score (nSPS) is 10.4. The largest absolute Gasteiger partial charge is 0.481 e. The Kier molecular flexibility index (Phi) is 3.03. The summed E-state index contributed by atoms with van der Waals surface area (Å²) in [4.78, 5) is 25.3. The fourth-order valence-electron chi connectivity index (χ4n) is 0.898. The number of hydrogen-bond donors (Lipinski definition) is 3. The van der Waals surface area contributed by atoms with Gasteiger partial charge in [0.2, 0.25) is 0 Å². The van der Waals surface area contributed by atoms with Gasteiger partial charge in [0.05, 0.1) is 0 Å². The van der Waals surface area contributed by atoms with Gasteiger partial charge in [-0.3, -0.25) is 9.59 Å². The molecule has 0 saturated carbocycles. The van der Waals surface area contributed by atoms with Crippen molar-refractivity contribution in [1.82, 2.24) is 4.98 Å². The summed E-state index contributed by atoms with van der Waals surface area (Å²) >= 11 is 1.09. The summed E-state index contributed by atoms with van der Waals surface area (Å²) in [7, 11) is 0. The molecule has 7 heteroatoms. The van der Waals surface area contributed by atoms with Crippen molar-refractivity contribution in [2.45, 2.75) is 6.42 Å². The molecule has 6 nitrogen and oxygen atoms in total. The number of rotatable bonds is 4. The summed E-state index contributed by atoms with van der Waals surface area (Å²) in [6.07, 6.45) is 1.30. The van der Waals surface area contributed by atoms with E-state index in [0.29, 0.717) is 10.0 Å². The van der Waals surface area contributed by atoms with Crippen molar-refractivity contribution in [2.75, 3.05) is 5.73 Å². The van der Waals surface area contributed by atoms with Crippen LogP contribution in [0.3, 0.4) is 0 Å². The van der Waals surface area contributed by atoms with Crippen molar-refractivity contribution in [2.24, 2.45) is 5.92 Å². The Hall–Kier alpha value is -1.63. The smallest absolute Gasteiger partial charge is 0.318 e. The molecule has 0 unspecified atom stereocenters. The Morgan fingerprint density at radius 1 is 1.50 bits per heavy atom. The molecule has 0 aromatic carbocycles. The number of nitrogens with two attached hydrogens (primary N) is 1. The van der Waals surface area contributed by atoms with Gasteiger partial charge in [-0.15, -0.1) is 11.3 Å². The first-order chi connectivity index (χ1) is 6.50. The van der Waals surface area contributed by atoms with E-state index in [2.05, 4.69) is 4.98 Å². The van der Waals surface area contributed by atoms with Gasteiger partial charge in [-0.2, -0.15) is 0 Å². The molecule has 0 aliphatic rings. The van der Waals surface area contributed by atoms with Gasteiger partial charge in [0.1, 0.15) is 0 Å². The van der Waals surface area contributed by atoms with E-state index in [1.165, 1.54) is 6.20 Å². The van der Waals surface area contributed by atoms with E-state index in [4.69, 9.17) is 15.9 Å². The average Bonchev–Trinajstić information content (AvgIpc) is 2.46. The maximum absolute atomic E-state index is 10.5. The molecule has 76 valence electrons. The maximum Gasteiger partial charge on any atom is 0.318 e.